The molecule has 17 heavy (non-hydrogen) atoms. The van der Waals surface area contributed by atoms with E-state index in [0.29, 0.717) is 26.6 Å². The van der Waals surface area contributed by atoms with Crippen LogP contribution in [0.4, 0.5) is 0 Å². The second-order valence-corrected chi connectivity index (χ2v) is 5.27. The molecule has 0 aliphatic heterocycles. The Labute approximate surface area is 122 Å². The van der Waals surface area contributed by atoms with E-state index in [1.54, 1.807) is 24.5 Å². The summed E-state index contributed by atoms with van der Waals surface area (Å²) >= 11 is 21.0. The van der Waals surface area contributed by atoms with Crippen molar-refractivity contribution in [1.29, 1.82) is 0 Å². The van der Waals surface area contributed by atoms with Crippen molar-refractivity contribution in [3.8, 4) is 11.5 Å². The van der Waals surface area contributed by atoms with Crippen LogP contribution in [0.3, 0.4) is 0 Å². The second-order valence-electron chi connectivity index (χ2n) is 3.14. The van der Waals surface area contributed by atoms with Gasteiger partial charge >= 0.3 is 0 Å². The highest BCUT2D eigenvalue weighted by Crippen LogP contribution is 2.36. The molecule has 6 heteroatoms. The van der Waals surface area contributed by atoms with Crippen molar-refractivity contribution >= 4 is 50.7 Å². The van der Waals surface area contributed by atoms with Crippen LogP contribution >= 0.6 is 50.7 Å². The quantitative estimate of drug-likeness (QED) is 0.656. The lowest BCUT2D eigenvalue weighted by Crippen LogP contribution is -1.87. The number of nitrogens with zero attached hydrogens (tertiary/aromatic N) is 1. The van der Waals surface area contributed by atoms with E-state index in [0.717, 1.165) is 4.47 Å². The summed E-state index contributed by atoms with van der Waals surface area (Å²) in [5.74, 6) is 0.987. The standard InChI is InChI=1S/C11H5BrCl3NO/c12-6-1-7(5-16-4-6)17-11-3-9(14)8(13)2-10(11)15/h1-5H. The first-order valence-electron chi connectivity index (χ1n) is 4.49. The number of pyridine rings is 1. The van der Waals surface area contributed by atoms with Gasteiger partial charge in [-0.2, -0.15) is 0 Å². The summed E-state index contributed by atoms with van der Waals surface area (Å²) in [5.41, 5.74) is 0. The first kappa shape index (κ1) is 13.0. The van der Waals surface area contributed by atoms with Gasteiger partial charge in [0.25, 0.3) is 0 Å². The topological polar surface area (TPSA) is 22.1 Å². The molecule has 0 saturated carbocycles. The minimum atomic E-state index is 0.383. The third-order valence-corrected chi connectivity index (χ3v) is 3.33. The summed E-state index contributed by atoms with van der Waals surface area (Å²) in [4.78, 5) is 3.98. The number of ether oxygens (including phenoxy) is 1. The van der Waals surface area contributed by atoms with Gasteiger partial charge in [-0.1, -0.05) is 34.8 Å². The Morgan fingerprint density at radius 1 is 0.941 bits per heavy atom. The average molecular weight is 353 g/mol. The van der Waals surface area contributed by atoms with Crippen LogP contribution in [0.2, 0.25) is 15.1 Å². The third kappa shape index (κ3) is 3.26. The number of hydrogen-bond acceptors (Lipinski definition) is 2. The molecule has 0 unspecified atom stereocenters. The highest BCUT2D eigenvalue weighted by molar-refractivity contribution is 9.10. The molecule has 0 radical (unpaired) electrons. The lowest BCUT2D eigenvalue weighted by molar-refractivity contribution is 0.480. The van der Waals surface area contributed by atoms with Gasteiger partial charge in [0, 0.05) is 16.7 Å². The second kappa shape index (κ2) is 5.44. The molecule has 0 N–H and O–H groups in total. The smallest absolute Gasteiger partial charge is 0.147 e. The van der Waals surface area contributed by atoms with E-state index in [-0.39, 0.29) is 0 Å². The van der Waals surface area contributed by atoms with Gasteiger partial charge in [0.1, 0.15) is 11.5 Å². The first-order valence-corrected chi connectivity index (χ1v) is 6.42. The maximum absolute atomic E-state index is 5.99. The molecule has 0 atom stereocenters. The van der Waals surface area contributed by atoms with Gasteiger partial charge in [0.15, 0.2) is 0 Å². The summed E-state index contributed by atoms with van der Waals surface area (Å²) in [6, 6.07) is 4.87. The van der Waals surface area contributed by atoms with Crippen LogP contribution in [0, 0.1) is 0 Å². The summed E-state index contributed by atoms with van der Waals surface area (Å²) < 4.78 is 6.37. The number of benzene rings is 1. The highest BCUT2D eigenvalue weighted by atomic mass is 79.9. The predicted octanol–water partition coefficient (Wildman–Crippen LogP) is 5.60. The van der Waals surface area contributed by atoms with Gasteiger partial charge in [-0.15, -0.1) is 0 Å². The maximum Gasteiger partial charge on any atom is 0.147 e. The lowest BCUT2D eigenvalue weighted by atomic mass is 10.3. The third-order valence-electron chi connectivity index (χ3n) is 1.88. The van der Waals surface area contributed by atoms with Gasteiger partial charge in [0.2, 0.25) is 0 Å². The minimum Gasteiger partial charge on any atom is -0.454 e. The van der Waals surface area contributed by atoms with Gasteiger partial charge in [-0.05, 0) is 28.1 Å². The van der Waals surface area contributed by atoms with E-state index in [4.69, 9.17) is 39.5 Å². The number of halogens is 4. The number of rotatable bonds is 2. The van der Waals surface area contributed by atoms with Crippen molar-refractivity contribution in [3.05, 3.63) is 50.1 Å². The Kier molecular flexibility index (Phi) is 4.15. The molecule has 0 saturated heterocycles. The normalized spacial score (nSPS) is 10.4. The monoisotopic (exact) mass is 351 g/mol. The van der Waals surface area contributed by atoms with Crippen molar-refractivity contribution < 1.29 is 4.74 Å². The molecule has 0 fully saturated rings. The molecular weight excluding hydrogens is 348 g/mol. The molecule has 1 aromatic carbocycles. The van der Waals surface area contributed by atoms with Crippen molar-refractivity contribution in [2.24, 2.45) is 0 Å². The van der Waals surface area contributed by atoms with E-state index < -0.39 is 0 Å². The number of aromatic nitrogens is 1. The maximum atomic E-state index is 5.99. The molecule has 2 rings (SSSR count). The van der Waals surface area contributed by atoms with Crippen LogP contribution in [0.1, 0.15) is 0 Å². The predicted molar refractivity (Wildman–Crippen MR) is 73.5 cm³/mol. The van der Waals surface area contributed by atoms with E-state index in [1.807, 2.05) is 0 Å². The number of hydrogen-bond donors (Lipinski definition) is 0. The fraction of sp³-hybridized carbons (Fsp3) is 0. The van der Waals surface area contributed by atoms with Crippen molar-refractivity contribution in [3.63, 3.8) is 0 Å². The molecule has 0 aliphatic rings. The summed E-state index contributed by atoms with van der Waals surface area (Å²) in [6.07, 6.45) is 3.23. The molecule has 1 aromatic heterocycles. The highest BCUT2D eigenvalue weighted by Gasteiger charge is 2.08. The van der Waals surface area contributed by atoms with Crippen LogP contribution in [0.15, 0.2) is 35.1 Å². The molecule has 0 aliphatic carbocycles. The fourth-order valence-corrected chi connectivity index (χ4v) is 2.08. The lowest BCUT2D eigenvalue weighted by Gasteiger charge is -2.08. The zero-order valence-corrected chi connectivity index (χ0v) is 12.1. The van der Waals surface area contributed by atoms with Gasteiger partial charge < -0.3 is 4.74 Å². The van der Waals surface area contributed by atoms with Gasteiger partial charge in [0.05, 0.1) is 21.3 Å². The van der Waals surface area contributed by atoms with E-state index in [9.17, 15) is 0 Å². The fourth-order valence-electron chi connectivity index (χ4n) is 1.16. The van der Waals surface area contributed by atoms with Crippen molar-refractivity contribution in [2.45, 2.75) is 0 Å². The molecule has 0 spiro atoms. The average Bonchev–Trinajstić information content (AvgIpc) is 2.26. The van der Waals surface area contributed by atoms with E-state index in [2.05, 4.69) is 20.9 Å². The summed E-state index contributed by atoms with van der Waals surface area (Å²) in [5, 5.41) is 1.16. The Balaban J connectivity index is 2.33. The first-order chi connectivity index (χ1) is 8.06. The van der Waals surface area contributed by atoms with Crippen LogP contribution in [-0.2, 0) is 0 Å². The van der Waals surface area contributed by atoms with Crippen LogP contribution in [0.5, 0.6) is 11.5 Å². The molecule has 1 heterocycles. The van der Waals surface area contributed by atoms with Crippen LogP contribution < -0.4 is 4.74 Å². The molecule has 2 nitrogen and oxygen atoms in total. The van der Waals surface area contributed by atoms with Gasteiger partial charge in [-0.25, -0.2) is 0 Å². The molecular formula is C11H5BrCl3NO. The van der Waals surface area contributed by atoms with E-state index >= 15 is 0 Å². The Morgan fingerprint density at radius 2 is 1.65 bits per heavy atom. The molecule has 0 bridgehead atoms. The summed E-state index contributed by atoms with van der Waals surface area (Å²) in [6.45, 7) is 0. The SMILES string of the molecule is Clc1cc(Cl)c(Oc2cncc(Br)c2)cc1Cl. The van der Waals surface area contributed by atoms with Crippen LogP contribution in [-0.4, -0.2) is 4.98 Å². The molecule has 88 valence electrons. The van der Waals surface area contributed by atoms with Crippen molar-refractivity contribution in [1.82, 2.24) is 4.98 Å². The Morgan fingerprint density at radius 3 is 2.35 bits per heavy atom. The Hall–Kier alpha value is -0.480. The largest absolute Gasteiger partial charge is 0.454 e. The van der Waals surface area contributed by atoms with Crippen LogP contribution in [0.25, 0.3) is 0 Å². The molecule has 0 amide bonds. The minimum absolute atomic E-state index is 0.383. The zero-order chi connectivity index (χ0) is 12.4. The Bertz CT molecular complexity index is 562. The molecule has 2 aromatic rings. The van der Waals surface area contributed by atoms with Crippen molar-refractivity contribution in [2.75, 3.05) is 0 Å². The van der Waals surface area contributed by atoms with Gasteiger partial charge in [-0.3, -0.25) is 4.98 Å². The van der Waals surface area contributed by atoms with E-state index in [1.165, 1.54) is 6.07 Å². The summed E-state index contributed by atoms with van der Waals surface area (Å²) in [7, 11) is 0. The zero-order valence-electron chi connectivity index (χ0n) is 8.25.